The van der Waals surface area contributed by atoms with E-state index in [4.69, 9.17) is 14.5 Å². The molecule has 0 amide bonds. The van der Waals surface area contributed by atoms with Crippen molar-refractivity contribution in [1.29, 1.82) is 0 Å². The van der Waals surface area contributed by atoms with E-state index in [-0.39, 0.29) is 0 Å². The lowest BCUT2D eigenvalue weighted by Crippen LogP contribution is -2.13. The second-order valence-electron chi connectivity index (χ2n) is 5.76. The van der Waals surface area contributed by atoms with Gasteiger partial charge in [0.1, 0.15) is 5.69 Å². The highest BCUT2D eigenvalue weighted by atomic mass is 32.1. The molecular formula is C19H21N3OS. The smallest absolute Gasteiger partial charge is 0.211 e. The standard InChI is InChI=1S/C19H21N3OS/c1-5-15(4)21-22-17(18-7-6-10-23-18)12-24-19(22)20-16-9-8-13(2)14(3)11-16/h6-12H,5H2,1-4H3. The van der Waals surface area contributed by atoms with Gasteiger partial charge in [-0.25, -0.2) is 9.67 Å². The number of rotatable bonds is 4. The minimum absolute atomic E-state index is 0.792. The zero-order chi connectivity index (χ0) is 17.1. The molecule has 124 valence electrons. The molecule has 24 heavy (non-hydrogen) atoms. The van der Waals surface area contributed by atoms with E-state index in [2.05, 4.69) is 32.9 Å². The molecule has 0 radical (unpaired) electrons. The van der Waals surface area contributed by atoms with E-state index in [0.717, 1.165) is 34.1 Å². The molecule has 4 nitrogen and oxygen atoms in total. The molecule has 0 aliphatic heterocycles. The van der Waals surface area contributed by atoms with Crippen molar-refractivity contribution in [3.8, 4) is 11.5 Å². The van der Waals surface area contributed by atoms with Crippen LogP contribution in [-0.4, -0.2) is 10.4 Å². The zero-order valence-corrected chi connectivity index (χ0v) is 15.2. The molecule has 0 atom stereocenters. The number of nitrogens with zero attached hydrogens (tertiary/aromatic N) is 3. The maximum absolute atomic E-state index is 5.55. The first-order valence-electron chi connectivity index (χ1n) is 7.99. The average Bonchev–Trinajstić information content (AvgIpc) is 3.21. The van der Waals surface area contributed by atoms with E-state index >= 15 is 0 Å². The lowest BCUT2D eigenvalue weighted by molar-refractivity contribution is 0.575. The molecule has 3 aromatic rings. The fourth-order valence-corrected chi connectivity index (χ4v) is 3.05. The Morgan fingerprint density at radius 3 is 2.71 bits per heavy atom. The van der Waals surface area contributed by atoms with Gasteiger partial charge in [0.15, 0.2) is 5.76 Å². The largest absolute Gasteiger partial charge is 0.463 e. The molecule has 0 unspecified atom stereocenters. The Kier molecular flexibility index (Phi) is 4.81. The van der Waals surface area contributed by atoms with Crippen molar-refractivity contribution >= 4 is 22.7 Å². The van der Waals surface area contributed by atoms with Gasteiger partial charge in [0, 0.05) is 11.1 Å². The predicted octanol–water partition coefficient (Wildman–Crippen LogP) is 5.29. The van der Waals surface area contributed by atoms with Crippen LogP contribution in [-0.2, 0) is 0 Å². The number of hydrogen-bond acceptors (Lipinski definition) is 4. The normalized spacial score (nSPS) is 12.8. The second kappa shape index (κ2) is 7.01. The Bertz CT molecular complexity index is 930. The third-order valence-corrected chi connectivity index (χ3v) is 4.77. The van der Waals surface area contributed by atoms with E-state index in [9.17, 15) is 0 Å². The Morgan fingerprint density at radius 2 is 2.04 bits per heavy atom. The summed E-state index contributed by atoms with van der Waals surface area (Å²) in [6.07, 6.45) is 2.57. The Morgan fingerprint density at radius 1 is 1.21 bits per heavy atom. The molecule has 0 bridgehead atoms. The average molecular weight is 339 g/mol. The van der Waals surface area contributed by atoms with Gasteiger partial charge in [-0.05, 0) is 62.6 Å². The van der Waals surface area contributed by atoms with Gasteiger partial charge in [0.05, 0.1) is 12.0 Å². The van der Waals surface area contributed by atoms with Gasteiger partial charge in [0.25, 0.3) is 0 Å². The summed E-state index contributed by atoms with van der Waals surface area (Å²) in [7, 11) is 0. The third kappa shape index (κ3) is 3.41. The van der Waals surface area contributed by atoms with Gasteiger partial charge in [0.2, 0.25) is 4.80 Å². The maximum atomic E-state index is 5.55. The quantitative estimate of drug-likeness (QED) is 0.595. The summed E-state index contributed by atoms with van der Waals surface area (Å²) in [5.74, 6) is 0.792. The Balaban J connectivity index is 2.17. The van der Waals surface area contributed by atoms with E-state index in [1.54, 1.807) is 17.6 Å². The predicted molar refractivity (Wildman–Crippen MR) is 99.9 cm³/mol. The minimum atomic E-state index is 0.792. The highest BCUT2D eigenvalue weighted by molar-refractivity contribution is 7.07. The number of aromatic nitrogens is 1. The molecule has 3 rings (SSSR count). The van der Waals surface area contributed by atoms with Crippen LogP contribution in [0.5, 0.6) is 0 Å². The van der Waals surface area contributed by atoms with Crippen molar-refractivity contribution in [2.75, 3.05) is 0 Å². The molecular weight excluding hydrogens is 318 g/mol. The summed E-state index contributed by atoms with van der Waals surface area (Å²) >= 11 is 1.56. The molecule has 0 aliphatic rings. The van der Waals surface area contributed by atoms with Crippen LogP contribution in [0.25, 0.3) is 11.5 Å². The van der Waals surface area contributed by atoms with Gasteiger partial charge in [-0.1, -0.05) is 13.0 Å². The van der Waals surface area contributed by atoms with Crippen LogP contribution in [0.3, 0.4) is 0 Å². The van der Waals surface area contributed by atoms with Gasteiger partial charge in [-0.3, -0.25) is 0 Å². The topological polar surface area (TPSA) is 42.8 Å². The highest BCUT2D eigenvalue weighted by Crippen LogP contribution is 2.22. The van der Waals surface area contributed by atoms with E-state index in [1.807, 2.05) is 35.2 Å². The summed E-state index contributed by atoms with van der Waals surface area (Å²) in [6.45, 7) is 8.33. The third-order valence-electron chi connectivity index (χ3n) is 3.96. The van der Waals surface area contributed by atoms with Gasteiger partial charge >= 0.3 is 0 Å². The first-order valence-corrected chi connectivity index (χ1v) is 8.87. The van der Waals surface area contributed by atoms with Crippen molar-refractivity contribution in [1.82, 2.24) is 4.68 Å². The van der Waals surface area contributed by atoms with Gasteiger partial charge < -0.3 is 4.42 Å². The first-order chi connectivity index (χ1) is 11.6. The van der Waals surface area contributed by atoms with E-state index < -0.39 is 0 Å². The molecule has 0 saturated carbocycles. The summed E-state index contributed by atoms with van der Waals surface area (Å²) in [5, 5.41) is 6.75. The highest BCUT2D eigenvalue weighted by Gasteiger charge is 2.10. The van der Waals surface area contributed by atoms with Crippen LogP contribution in [0.4, 0.5) is 5.69 Å². The molecule has 0 fully saturated rings. The van der Waals surface area contributed by atoms with Crippen molar-refractivity contribution < 1.29 is 4.42 Å². The first kappa shape index (κ1) is 16.5. The van der Waals surface area contributed by atoms with Crippen LogP contribution >= 0.6 is 11.3 Å². The summed E-state index contributed by atoms with van der Waals surface area (Å²) in [6, 6.07) is 10.1. The Hall–Kier alpha value is -2.40. The molecule has 0 saturated heterocycles. The van der Waals surface area contributed by atoms with Gasteiger partial charge in [-0.15, -0.1) is 11.3 Å². The lowest BCUT2D eigenvalue weighted by Gasteiger charge is -2.03. The van der Waals surface area contributed by atoms with Gasteiger partial charge in [-0.2, -0.15) is 5.10 Å². The summed E-state index contributed by atoms with van der Waals surface area (Å²) in [4.78, 5) is 5.62. The number of benzene rings is 1. The Labute approximate surface area is 145 Å². The summed E-state index contributed by atoms with van der Waals surface area (Å²) in [5.41, 5.74) is 5.40. The molecule has 0 aliphatic carbocycles. The SMILES string of the molecule is CCC(C)=Nn1c(-c2ccco2)csc1=Nc1ccc(C)c(C)c1. The fourth-order valence-electron chi connectivity index (χ4n) is 2.22. The monoisotopic (exact) mass is 339 g/mol. The van der Waals surface area contributed by atoms with E-state index in [1.165, 1.54) is 11.1 Å². The van der Waals surface area contributed by atoms with Crippen LogP contribution in [0, 0.1) is 13.8 Å². The molecule has 2 heterocycles. The number of hydrogen-bond donors (Lipinski definition) is 0. The second-order valence-corrected chi connectivity index (χ2v) is 6.60. The molecule has 5 heteroatoms. The maximum Gasteiger partial charge on any atom is 0.211 e. The van der Waals surface area contributed by atoms with Crippen LogP contribution in [0.15, 0.2) is 56.5 Å². The van der Waals surface area contributed by atoms with E-state index in [0.29, 0.717) is 0 Å². The van der Waals surface area contributed by atoms with Crippen molar-refractivity contribution in [3.63, 3.8) is 0 Å². The number of aryl methyl sites for hydroxylation is 2. The zero-order valence-electron chi connectivity index (χ0n) is 14.4. The van der Waals surface area contributed by atoms with Crippen LogP contribution in [0.1, 0.15) is 31.4 Å². The molecule has 2 aromatic heterocycles. The fraction of sp³-hybridized carbons (Fsp3) is 0.263. The minimum Gasteiger partial charge on any atom is -0.463 e. The van der Waals surface area contributed by atoms with Crippen molar-refractivity contribution in [2.24, 2.45) is 10.1 Å². The molecule has 0 N–H and O–H groups in total. The summed E-state index contributed by atoms with van der Waals surface area (Å²) < 4.78 is 7.42. The molecule has 0 spiro atoms. The van der Waals surface area contributed by atoms with Crippen LogP contribution < -0.4 is 4.80 Å². The lowest BCUT2D eigenvalue weighted by atomic mass is 10.1. The number of furan rings is 1. The van der Waals surface area contributed by atoms with Crippen molar-refractivity contribution in [3.05, 3.63) is 57.9 Å². The van der Waals surface area contributed by atoms with Crippen molar-refractivity contribution in [2.45, 2.75) is 34.1 Å². The number of thiazole rings is 1. The van der Waals surface area contributed by atoms with Crippen LogP contribution in [0.2, 0.25) is 0 Å². The molecule has 1 aromatic carbocycles.